The molecule has 26 heavy (non-hydrogen) atoms. The topological polar surface area (TPSA) is 116 Å². The highest BCUT2D eigenvalue weighted by Gasteiger charge is 2.21. The van der Waals surface area contributed by atoms with Crippen LogP contribution < -0.4 is 5.32 Å². The van der Waals surface area contributed by atoms with Crippen LogP contribution in [-0.2, 0) is 0 Å². The summed E-state index contributed by atoms with van der Waals surface area (Å²) < 4.78 is 5.28. The second-order valence-corrected chi connectivity index (χ2v) is 5.48. The summed E-state index contributed by atoms with van der Waals surface area (Å²) in [5.74, 6) is -1.38. The molecule has 1 aromatic heterocycles. The first-order valence-corrected chi connectivity index (χ1v) is 7.61. The number of nitrogens with one attached hydrogen (secondary N) is 1. The Bertz CT molecular complexity index is 1030. The number of hydrogen-bond acceptors (Lipinski definition) is 5. The number of carboxylic acids is 1. The third-order valence-corrected chi connectivity index (χ3v) is 3.80. The number of nitrogens with zero attached hydrogens (tertiary/aromatic N) is 2. The fraction of sp³-hybridized carbons (Fsp3) is 0.0526. The smallest absolute Gasteiger partial charge is 0.337 e. The number of carbonyl (C=O) groups excluding carboxylic acids is 1. The number of hydrogen-bond donors (Lipinski definition) is 2. The average molecular weight is 347 g/mol. The molecule has 0 aliphatic rings. The van der Waals surface area contributed by atoms with E-state index in [-0.39, 0.29) is 22.5 Å². The molecule has 7 heteroatoms. The Labute approximate surface area is 148 Å². The molecule has 3 rings (SSSR count). The van der Waals surface area contributed by atoms with Gasteiger partial charge in [0.1, 0.15) is 0 Å². The predicted octanol–water partition coefficient (Wildman–Crippen LogP) is 3.47. The Morgan fingerprint density at radius 1 is 1.19 bits per heavy atom. The molecule has 0 unspecified atom stereocenters. The van der Waals surface area contributed by atoms with Gasteiger partial charge in [-0.15, -0.1) is 0 Å². The maximum atomic E-state index is 12.5. The molecule has 0 fully saturated rings. The van der Waals surface area contributed by atoms with E-state index in [4.69, 9.17) is 9.78 Å². The summed E-state index contributed by atoms with van der Waals surface area (Å²) in [6, 6.07) is 15.1. The van der Waals surface area contributed by atoms with Crippen molar-refractivity contribution in [2.45, 2.75) is 6.92 Å². The van der Waals surface area contributed by atoms with Crippen LogP contribution in [0.25, 0.3) is 11.3 Å². The maximum absolute atomic E-state index is 12.5. The molecule has 1 heterocycles. The number of aromatic carboxylic acids is 1. The molecule has 0 aliphatic heterocycles. The first-order valence-electron chi connectivity index (χ1n) is 7.61. The molecule has 0 aliphatic carbocycles. The van der Waals surface area contributed by atoms with Crippen molar-refractivity contribution in [3.63, 3.8) is 0 Å². The third kappa shape index (κ3) is 3.16. The summed E-state index contributed by atoms with van der Waals surface area (Å²) in [6.45, 7) is 1.70. The first-order chi connectivity index (χ1) is 12.5. The zero-order valence-electron chi connectivity index (χ0n) is 13.7. The molecule has 0 atom stereocenters. The van der Waals surface area contributed by atoms with E-state index >= 15 is 0 Å². The standard InChI is InChI=1S/C19H13N3O4/c1-11-16(22-26-17(11)13-5-3-2-4-6-13)18(23)21-15-8-7-12(10-20)9-14(15)19(24)25/h2-9H,1H3,(H,21,23)(H,24,25). The summed E-state index contributed by atoms with van der Waals surface area (Å²) in [7, 11) is 0. The van der Waals surface area contributed by atoms with Crippen molar-refractivity contribution in [3.8, 4) is 17.4 Å². The number of nitriles is 1. The molecule has 7 nitrogen and oxygen atoms in total. The summed E-state index contributed by atoms with van der Waals surface area (Å²) in [6.07, 6.45) is 0. The lowest BCUT2D eigenvalue weighted by Crippen LogP contribution is -2.16. The molecule has 0 spiro atoms. The van der Waals surface area contributed by atoms with Gasteiger partial charge in [0.25, 0.3) is 5.91 Å². The van der Waals surface area contributed by atoms with E-state index < -0.39 is 11.9 Å². The van der Waals surface area contributed by atoms with Crippen LogP contribution in [-0.4, -0.2) is 22.1 Å². The highest BCUT2D eigenvalue weighted by Crippen LogP contribution is 2.26. The normalized spacial score (nSPS) is 10.2. The SMILES string of the molecule is Cc1c(C(=O)Nc2ccc(C#N)cc2C(=O)O)noc1-c1ccccc1. The summed E-state index contributed by atoms with van der Waals surface area (Å²) in [5.41, 5.74) is 1.46. The minimum atomic E-state index is -1.25. The van der Waals surface area contributed by atoms with Crippen LogP contribution in [0.15, 0.2) is 53.1 Å². The second-order valence-electron chi connectivity index (χ2n) is 5.48. The highest BCUT2D eigenvalue weighted by atomic mass is 16.5. The van der Waals surface area contributed by atoms with Crippen molar-refractivity contribution in [2.75, 3.05) is 5.32 Å². The quantitative estimate of drug-likeness (QED) is 0.746. The minimum Gasteiger partial charge on any atom is -0.478 e. The van der Waals surface area contributed by atoms with Gasteiger partial charge in [-0.1, -0.05) is 35.5 Å². The van der Waals surface area contributed by atoms with Gasteiger partial charge >= 0.3 is 5.97 Å². The van der Waals surface area contributed by atoms with Gasteiger partial charge in [-0.25, -0.2) is 4.79 Å². The molecule has 1 amide bonds. The fourth-order valence-electron chi connectivity index (χ4n) is 2.49. The monoisotopic (exact) mass is 347 g/mol. The Balaban J connectivity index is 1.92. The fourth-order valence-corrected chi connectivity index (χ4v) is 2.49. The molecule has 2 aromatic carbocycles. The largest absolute Gasteiger partial charge is 0.478 e. The lowest BCUT2D eigenvalue weighted by atomic mass is 10.1. The molecule has 0 saturated carbocycles. The molecule has 2 N–H and O–H groups in total. The van der Waals surface area contributed by atoms with E-state index in [0.717, 1.165) is 5.56 Å². The van der Waals surface area contributed by atoms with Gasteiger partial charge in [-0.05, 0) is 25.1 Å². The predicted molar refractivity (Wildman–Crippen MR) is 92.7 cm³/mol. The molecule has 3 aromatic rings. The van der Waals surface area contributed by atoms with Crippen LogP contribution in [0.3, 0.4) is 0 Å². The number of carbonyl (C=O) groups is 2. The van der Waals surface area contributed by atoms with Gasteiger partial charge < -0.3 is 14.9 Å². The zero-order chi connectivity index (χ0) is 18.7. The lowest BCUT2D eigenvalue weighted by Gasteiger charge is -2.07. The summed E-state index contributed by atoms with van der Waals surface area (Å²) >= 11 is 0. The van der Waals surface area contributed by atoms with Crippen LogP contribution in [0.2, 0.25) is 0 Å². The van der Waals surface area contributed by atoms with Gasteiger partial charge in [0.15, 0.2) is 11.5 Å². The average Bonchev–Trinajstić information content (AvgIpc) is 3.04. The van der Waals surface area contributed by atoms with E-state index in [1.165, 1.54) is 18.2 Å². The third-order valence-electron chi connectivity index (χ3n) is 3.80. The van der Waals surface area contributed by atoms with E-state index in [0.29, 0.717) is 11.3 Å². The van der Waals surface area contributed by atoms with E-state index in [9.17, 15) is 14.7 Å². The summed E-state index contributed by atoms with van der Waals surface area (Å²) in [4.78, 5) is 23.9. The second kappa shape index (κ2) is 6.91. The van der Waals surface area contributed by atoms with Crippen LogP contribution >= 0.6 is 0 Å². The molecule has 0 bridgehead atoms. The molecular weight excluding hydrogens is 334 g/mol. The van der Waals surface area contributed by atoms with Gasteiger partial charge in [0, 0.05) is 11.1 Å². The maximum Gasteiger partial charge on any atom is 0.337 e. The molecule has 128 valence electrons. The number of carboxylic acid groups (broad SMARTS) is 1. The zero-order valence-corrected chi connectivity index (χ0v) is 13.7. The Kier molecular flexibility index (Phi) is 4.50. The van der Waals surface area contributed by atoms with Crippen molar-refractivity contribution in [2.24, 2.45) is 0 Å². The number of benzene rings is 2. The van der Waals surface area contributed by atoms with Gasteiger partial charge in [-0.2, -0.15) is 5.26 Å². The van der Waals surface area contributed by atoms with Gasteiger partial charge in [0.2, 0.25) is 0 Å². The van der Waals surface area contributed by atoms with E-state index in [2.05, 4.69) is 10.5 Å². The number of rotatable bonds is 4. The lowest BCUT2D eigenvalue weighted by molar-refractivity contribution is 0.0698. The van der Waals surface area contributed by atoms with E-state index in [1.807, 2.05) is 36.4 Å². The number of aromatic nitrogens is 1. The van der Waals surface area contributed by atoms with Crippen LogP contribution in [0, 0.1) is 18.3 Å². The van der Waals surface area contributed by atoms with Gasteiger partial charge in [-0.3, -0.25) is 4.79 Å². The number of amides is 1. The van der Waals surface area contributed by atoms with Crippen molar-refractivity contribution >= 4 is 17.6 Å². The van der Waals surface area contributed by atoms with Crippen molar-refractivity contribution in [3.05, 3.63) is 70.9 Å². The van der Waals surface area contributed by atoms with Crippen LogP contribution in [0.5, 0.6) is 0 Å². The van der Waals surface area contributed by atoms with Crippen LogP contribution in [0.4, 0.5) is 5.69 Å². The Morgan fingerprint density at radius 2 is 1.92 bits per heavy atom. The summed E-state index contributed by atoms with van der Waals surface area (Å²) in [5, 5.41) is 24.5. The van der Waals surface area contributed by atoms with Gasteiger partial charge in [0.05, 0.1) is 22.9 Å². The minimum absolute atomic E-state index is 0.0598. The van der Waals surface area contributed by atoms with Crippen molar-refractivity contribution in [1.29, 1.82) is 5.26 Å². The van der Waals surface area contributed by atoms with E-state index in [1.54, 1.807) is 6.92 Å². The highest BCUT2D eigenvalue weighted by molar-refractivity contribution is 6.08. The van der Waals surface area contributed by atoms with Crippen molar-refractivity contribution in [1.82, 2.24) is 5.16 Å². The Morgan fingerprint density at radius 3 is 2.58 bits per heavy atom. The Hall–Kier alpha value is -3.92. The number of anilines is 1. The van der Waals surface area contributed by atoms with Crippen molar-refractivity contribution < 1.29 is 19.2 Å². The first kappa shape index (κ1) is 16.9. The van der Waals surface area contributed by atoms with Crippen LogP contribution in [0.1, 0.15) is 32.0 Å². The molecule has 0 radical (unpaired) electrons. The molecule has 0 saturated heterocycles. The molecular formula is C19H13N3O4.